The van der Waals surface area contributed by atoms with Crippen molar-refractivity contribution in [3.63, 3.8) is 0 Å². The van der Waals surface area contributed by atoms with Crippen molar-refractivity contribution >= 4 is 16.8 Å². The van der Waals surface area contributed by atoms with Gasteiger partial charge < -0.3 is 14.6 Å². The van der Waals surface area contributed by atoms with Crippen LogP contribution in [0.4, 0.5) is 13.2 Å². The Kier molecular flexibility index (Phi) is 4.86. The van der Waals surface area contributed by atoms with Crippen molar-refractivity contribution < 1.29 is 22.7 Å². The number of hydrogen-bond acceptors (Lipinski definition) is 3. The lowest BCUT2D eigenvalue weighted by Gasteiger charge is -2.46. The molecule has 1 amide bonds. The lowest BCUT2D eigenvalue weighted by Crippen LogP contribution is -2.59. The second-order valence-electron chi connectivity index (χ2n) is 7.40. The molecular formula is C19H22F3N3O2. The summed E-state index contributed by atoms with van der Waals surface area (Å²) in [7, 11) is 2.07. The summed E-state index contributed by atoms with van der Waals surface area (Å²) in [6.07, 6.45) is 0.366. The van der Waals surface area contributed by atoms with Crippen molar-refractivity contribution in [2.45, 2.75) is 43.9 Å². The number of carbonyl (C=O) groups excluding carboxylic acids is 1. The Hall–Kier alpha value is -2.06. The van der Waals surface area contributed by atoms with E-state index in [1.807, 2.05) is 0 Å². The number of halogens is 3. The first-order chi connectivity index (χ1) is 12.9. The van der Waals surface area contributed by atoms with E-state index in [9.17, 15) is 18.0 Å². The van der Waals surface area contributed by atoms with E-state index in [1.165, 1.54) is 29.0 Å². The number of rotatable bonds is 4. The standard InChI is InChI=1S/C19H22F3N3O2/c1-24-13-5-12(6-14(24)10-27-9-13)23-19(26)16-7-25(8-18(21)22)17-3-2-11(20)4-15(16)17/h2-4,7,12-14,18H,5-6,8-10H2,1H3,(H,23,26)/t12-,13-,14+. The number of fused-ring (bicyclic) bond motifs is 3. The topological polar surface area (TPSA) is 46.5 Å². The average molecular weight is 381 g/mol. The van der Waals surface area contributed by atoms with Crippen LogP contribution in [-0.4, -0.2) is 60.2 Å². The fourth-order valence-electron chi connectivity index (χ4n) is 4.23. The number of ether oxygens (including phenoxy) is 1. The highest BCUT2D eigenvalue weighted by atomic mass is 19.3. The quantitative estimate of drug-likeness (QED) is 0.886. The molecule has 146 valence electrons. The predicted octanol–water partition coefficient (Wildman–Crippen LogP) is 2.64. The molecule has 0 aliphatic carbocycles. The second-order valence-corrected chi connectivity index (χ2v) is 7.40. The minimum absolute atomic E-state index is 0.0188. The Balaban J connectivity index is 1.58. The van der Waals surface area contributed by atoms with Gasteiger partial charge in [0.05, 0.1) is 25.3 Å². The first kappa shape index (κ1) is 18.3. The summed E-state index contributed by atoms with van der Waals surface area (Å²) in [5.41, 5.74) is 0.654. The van der Waals surface area contributed by atoms with Crippen LogP contribution in [0.5, 0.6) is 0 Å². The lowest BCUT2D eigenvalue weighted by atomic mass is 9.90. The van der Waals surface area contributed by atoms with Gasteiger partial charge in [0.2, 0.25) is 0 Å². The number of aromatic nitrogens is 1. The van der Waals surface area contributed by atoms with Crippen LogP contribution in [-0.2, 0) is 11.3 Å². The average Bonchev–Trinajstić information content (AvgIpc) is 2.93. The van der Waals surface area contributed by atoms with Gasteiger partial charge >= 0.3 is 0 Å². The van der Waals surface area contributed by atoms with Crippen molar-refractivity contribution in [2.24, 2.45) is 0 Å². The third-order valence-electron chi connectivity index (χ3n) is 5.64. The number of piperidine rings is 1. The predicted molar refractivity (Wildman–Crippen MR) is 94.5 cm³/mol. The molecule has 0 spiro atoms. The summed E-state index contributed by atoms with van der Waals surface area (Å²) in [4.78, 5) is 15.1. The third-order valence-corrected chi connectivity index (χ3v) is 5.64. The number of amides is 1. The highest BCUT2D eigenvalue weighted by Crippen LogP contribution is 2.28. The first-order valence-electron chi connectivity index (χ1n) is 9.09. The maximum absolute atomic E-state index is 13.7. The molecule has 8 heteroatoms. The van der Waals surface area contributed by atoms with Crippen molar-refractivity contribution in [1.82, 2.24) is 14.8 Å². The zero-order valence-corrected chi connectivity index (χ0v) is 15.0. The summed E-state index contributed by atoms with van der Waals surface area (Å²) in [6.45, 7) is 0.738. The van der Waals surface area contributed by atoms with Crippen molar-refractivity contribution in [3.8, 4) is 0 Å². The molecule has 1 N–H and O–H groups in total. The van der Waals surface area contributed by atoms with E-state index >= 15 is 0 Å². The molecule has 2 fully saturated rings. The molecule has 3 heterocycles. The van der Waals surface area contributed by atoms with Crippen LogP contribution in [0.1, 0.15) is 23.2 Å². The van der Waals surface area contributed by atoms with Crippen LogP contribution in [0, 0.1) is 5.82 Å². The van der Waals surface area contributed by atoms with Crippen molar-refractivity contribution in [2.75, 3.05) is 20.3 Å². The van der Waals surface area contributed by atoms with Gasteiger partial charge in [-0.1, -0.05) is 0 Å². The molecular weight excluding hydrogens is 359 g/mol. The van der Waals surface area contributed by atoms with Crippen LogP contribution in [0.2, 0.25) is 0 Å². The van der Waals surface area contributed by atoms with E-state index in [0.717, 1.165) is 12.8 Å². The Morgan fingerprint density at radius 2 is 2.00 bits per heavy atom. The molecule has 0 saturated carbocycles. The van der Waals surface area contributed by atoms with Gasteiger partial charge in [0.15, 0.2) is 0 Å². The van der Waals surface area contributed by atoms with Gasteiger partial charge in [-0.2, -0.15) is 0 Å². The summed E-state index contributed by atoms with van der Waals surface area (Å²) in [5, 5.41) is 3.37. The number of nitrogens with zero attached hydrogens (tertiary/aromatic N) is 2. The van der Waals surface area contributed by atoms with Crippen LogP contribution in [0.25, 0.3) is 10.9 Å². The smallest absolute Gasteiger partial charge is 0.256 e. The second kappa shape index (κ2) is 7.16. The van der Waals surface area contributed by atoms with Gasteiger partial charge in [-0.05, 0) is 38.1 Å². The minimum Gasteiger partial charge on any atom is -0.378 e. The number of morpholine rings is 1. The van der Waals surface area contributed by atoms with Gasteiger partial charge in [0.25, 0.3) is 12.3 Å². The van der Waals surface area contributed by atoms with Gasteiger partial charge in [-0.15, -0.1) is 0 Å². The van der Waals surface area contributed by atoms with Crippen LogP contribution < -0.4 is 5.32 Å². The van der Waals surface area contributed by atoms with Gasteiger partial charge in [0, 0.05) is 35.2 Å². The summed E-state index contributed by atoms with van der Waals surface area (Å²) in [5.74, 6) is -0.857. The molecule has 5 nitrogen and oxygen atoms in total. The van der Waals surface area contributed by atoms with E-state index in [4.69, 9.17) is 4.74 Å². The number of nitrogens with one attached hydrogen (secondary N) is 1. The van der Waals surface area contributed by atoms with Crippen molar-refractivity contribution in [1.29, 1.82) is 0 Å². The summed E-state index contributed by atoms with van der Waals surface area (Å²) in [6, 6.07) is 4.35. The number of carbonyl (C=O) groups is 1. The molecule has 2 aliphatic rings. The molecule has 1 aromatic carbocycles. The lowest BCUT2D eigenvalue weighted by molar-refractivity contribution is -0.0670. The van der Waals surface area contributed by atoms with E-state index in [0.29, 0.717) is 24.1 Å². The molecule has 0 unspecified atom stereocenters. The zero-order valence-electron chi connectivity index (χ0n) is 15.0. The van der Waals surface area contributed by atoms with Gasteiger partial charge in [-0.3, -0.25) is 9.69 Å². The van der Waals surface area contributed by atoms with Crippen LogP contribution in [0.3, 0.4) is 0 Å². The Morgan fingerprint density at radius 3 is 2.67 bits per heavy atom. The molecule has 2 aliphatic heterocycles. The SMILES string of the molecule is CN1[C@@H]2COC[C@H]1C[C@@H](NC(=O)c1cn(CC(F)F)c3ccc(F)cc13)C2. The number of likely N-dealkylation sites (N-methyl/N-ethyl adjacent to an activating group) is 1. The maximum atomic E-state index is 13.7. The molecule has 2 aromatic rings. The van der Waals surface area contributed by atoms with E-state index in [1.54, 1.807) is 0 Å². The maximum Gasteiger partial charge on any atom is 0.256 e. The number of hydrogen-bond donors (Lipinski definition) is 1. The Bertz CT molecular complexity index is 840. The molecule has 0 radical (unpaired) electrons. The molecule has 2 bridgehead atoms. The largest absolute Gasteiger partial charge is 0.378 e. The van der Waals surface area contributed by atoms with Crippen LogP contribution >= 0.6 is 0 Å². The molecule has 2 saturated heterocycles. The zero-order chi connectivity index (χ0) is 19.1. The molecule has 4 rings (SSSR count). The van der Waals surface area contributed by atoms with E-state index in [2.05, 4.69) is 17.3 Å². The number of benzene rings is 1. The minimum atomic E-state index is -2.56. The highest BCUT2D eigenvalue weighted by molar-refractivity contribution is 6.07. The third kappa shape index (κ3) is 3.55. The fourth-order valence-corrected chi connectivity index (χ4v) is 4.23. The van der Waals surface area contributed by atoms with Crippen LogP contribution in [0.15, 0.2) is 24.4 Å². The fraction of sp³-hybridized carbons (Fsp3) is 0.526. The summed E-state index contributed by atoms with van der Waals surface area (Å²) < 4.78 is 46.3. The van der Waals surface area contributed by atoms with Crippen molar-refractivity contribution in [3.05, 3.63) is 35.8 Å². The molecule has 1 aromatic heterocycles. The van der Waals surface area contributed by atoms with E-state index in [-0.39, 0.29) is 29.6 Å². The molecule has 27 heavy (non-hydrogen) atoms. The monoisotopic (exact) mass is 381 g/mol. The van der Waals surface area contributed by atoms with E-state index < -0.39 is 18.8 Å². The summed E-state index contributed by atoms with van der Waals surface area (Å²) >= 11 is 0. The normalized spacial score (nSPS) is 25.9. The molecule has 3 atom stereocenters. The Morgan fingerprint density at radius 1 is 1.30 bits per heavy atom. The Labute approximate surface area is 155 Å². The van der Waals surface area contributed by atoms with Gasteiger partial charge in [0.1, 0.15) is 5.82 Å². The number of alkyl halides is 2. The first-order valence-corrected chi connectivity index (χ1v) is 9.09. The highest BCUT2D eigenvalue weighted by Gasteiger charge is 2.37. The van der Waals surface area contributed by atoms with Gasteiger partial charge in [-0.25, -0.2) is 13.2 Å².